The molecular weight excluding hydrogens is 324 g/mol. The Morgan fingerprint density at radius 3 is 2.58 bits per heavy atom. The van der Waals surface area contributed by atoms with E-state index in [0.29, 0.717) is 30.8 Å². The summed E-state index contributed by atoms with van der Waals surface area (Å²) >= 11 is 0. The van der Waals surface area contributed by atoms with Crippen molar-refractivity contribution in [2.24, 2.45) is 17.8 Å². The van der Waals surface area contributed by atoms with E-state index in [2.05, 4.69) is 4.98 Å². The van der Waals surface area contributed by atoms with Crippen molar-refractivity contribution in [2.45, 2.75) is 38.8 Å². The molecule has 1 aromatic carbocycles. The van der Waals surface area contributed by atoms with E-state index in [-0.39, 0.29) is 5.92 Å². The number of para-hydroxylation sites is 1. The Hall–Kier alpha value is -2.36. The van der Waals surface area contributed by atoms with E-state index in [9.17, 15) is 4.79 Å². The Morgan fingerprint density at radius 1 is 1.12 bits per heavy atom. The molecule has 2 aromatic rings. The van der Waals surface area contributed by atoms with Gasteiger partial charge in [0.15, 0.2) is 0 Å². The van der Waals surface area contributed by atoms with Gasteiger partial charge in [0, 0.05) is 37.0 Å². The standard InChI is InChI=1S/C22H26N2O2/c1-26-20-11-5-2-8-17(20)15-24(14-16-7-6-12-23-13-16)22(25)21-18-9-3-4-10-19(18)21/h2,5-8,11-13,18-19,21H,3-4,9-10,14-15H2,1H3/t18-,19+,21?. The topological polar surface area (TPSA) is 42.4 Å². The first kappa shape index (κ1) is 17.1. The van der Waals surface area contributed by atoms with Crippen LogP contribution in [-0.2, 0) is 17.9 Å². The molecule has 4 rings (SSSR count). The first-order valence-corrected chi connectivity index (χ1v) is 9.57. The lowest BCUT2D eigenvalue weighted by atomic mass is 10.0. The van der Waals surface area contributed by atoms with Crippen LogP contribution in [0.1, 0.15) is 36.8 Å². The number of amides is 1. The molecule has 0 bridgehead atoms. The molecule has 0 spiro atoms. The Bertz CT molecular complexity index is 750. The van der Waals surface area contributed by atoms with Gasteiger partial charge in [-0.15, -0.1) is 0 Å². The number of ether oxygens (including phenoxy) is 1. The van der Waals surface area contributed by atoms with Gasteiger partial charge in [0.25, 0.3) is 0 Å². The second-order valence-corrected chi connectivity index (χ2v) is 7.51. The number of benzene rings is 1. The second-order valence-electron chi connectivity index (χ2n) is 7.51. The molecule has 0 radical (unpaired) electrons. The normalized spacial score (nSPS) is 23.8. The summed E-state index contributed by atoms with van der Waals surface area (Å²) in [5.41, 5.74) is 2.12. The van der Waals surface area contributed by atoms with Gasteiger partial charge in [0.1, 0.15) is 5.75 Å². The van der Waals surface area contributed by atoms with Crippen LogP contribution < -0.4 is 4.74 Å². The Labute approximate surface area is 155 Å². The quantitative estimate of drug-likeness (QED) is 0.789. The molecule has 2 aliphatic carbocycles. The van der Waals surface area contributed by atoms with Gasteiger partial charge >= 0.3 is 0 Å². The molecule has 0 saturated heterocycles. The maximum Gasteiger partial charge on any atom is 0.226 e. The largest absolute Gasteiger partial charge is 0.496 e. The summed E-state index contributed by atoms with van der Waals surface area (Å²) in [4.78, 5) is 19.6. The number of hydrogen-bond acceptors (Lipinski definition) is 3. The van der Waals surface area contributed by atoms with Crippen LogP contribution in [0.5, 0.6) is 5.75 Å². The van der Waals surface area contributed by atoms with Crippen LogP contribution >= 0.6 is 0 Å². The number of carbonyl (C=O) groups is 1. The molecule has 4 heteroatoms. The number of methoxy groups -OCH3 is 1. The third-order valence-electron chi connectivity index (χ3n) is 5.90. The maximum atomic E-state index is 13.3. The number of carbonyl (C=O) groups excluding carboxylic acids is 1. The fourth-order valence-electron chi connectivity index (χ4n) is 4.53. The summed E-state index contributed by atoms with van der Waals surface area (Å²) in [5, 5.41) is 0. The van der Waals surface area contributed by atoms with Crippen LogP contribution in [0.15, 0.2) is 48.8 Å². The Balaban J connectivity index is 1.56. The van der Waals surface area contributed by atoms with Crippen molar-refractivity contribution >= 4 is 5.91 Å². The predicted molar refractivity (Wildman–Crippen MR) is 100 cm³/mol. The van der Waals surface area contributed by atoms with Gasteiger partial charge in [-0.3, -0.25) is 9.78 Å². The summed E-state index contributed by atoms with van der Waals surface area (Å²) in [6.07, 6.45) is 8.61. The van der Waals surface area contributed by atoms with E-state index >= 15 is 0 Å². The van der Waals surface area contributed by atoms with Gasteiger partial charge in [-0.05, 0) is 42.4 Å². The number of pyridine rings is 1. The maximum absolute atomic E-state index is 13.3. The fraction of sp³-hybridized carbons (Fsp3) is 0.455. The predicted octanol–water partition coefficient (Wildman–Crippen LogP) is 4.06. The molecule has 0 N–H and O–H groups in total. The minimum absolute atomic E-state index is 0.226. The van der Waals surface area contributed by atoms with Gasteiger partial charge < -0.3 is 9.64 Å². The number of hydrogen-bond donors (Lipinski definition) is 0. The van der Waals surface area contributed by atoms with Crippen molar-refractivity contribution in [2.75, 3.05) is 7.11 Å². The molecule has 2 aliphatic rings. The van der Waals surface area contributed by atoms with Crippen LogP contribution in [0.3, 0.4) is 0 Å². The average molecular weight is 350 g/mol. The third-order valence-corrected chi connectivity index (χ3v) is 5.90. The van der Waals surface area contributed by atoms with E-state index in [1.807, 2.05) is 47.5 Å². The van der Waals surface area contributed by atoms with Gasteiger partial charge in [-0.2, -0.15) is 0 Å². The lowest BCUT2D eigenvalue weighted by molar-refractivity contribution is -0.134. The summed E-state index contributed by atoms with van der Waals surface area (Å²) in [6.45, 7) is 1.17. The highest BCUT2D eigenvalue weighted by Gasteiger charge is 2.55. The zero-order chi connectivity index (χ0) is 17.9. The highest BCUT2D eigenvalue weighted by molar-refractivity contribution is 5.82. The monoisotopic (exact) mass is 350 g/mol. The minimum Gasteiger partial charge on any atom is -0.496 e. The van der Waals surface area contributed by atoms with E-state index < -0.39 is 0 Å². The molecule has 4 nitrogen and oxygen atoms in total. The first-order chi connectivity index (χ1) is 12.8. The van der Waals surface area contributed by atoms with Crippen LogP contribution in [0, 0.1) is 17.8 Å². The molecule has 1 heterocycles. The van der Waals surface area contributed by atoms with Crippen molar-refractivity contribution in [1.82, 2.24) is 9.88 Å². The summed E-state index contributed by atoms with van der Waals surface area (Å²) < 4.78 is 5.50. The van der Waals surface area contributed by atoms with Crippen LogP contribution in [-0.4, -0.2) is 22.9 Å². The summed E-state index contributed by atoms with van der Waals surface area (Å²) in [6, 6.07) is 11.9. The number of aromatic nitrogens is 1. The van der Waals surface area contributed by atoms with Crippen molar-refractivity contribution in [3.8, 4) is 5.75 Å². The number of fused-ring (bicyclic) bond motifs is 1. The first-order valence-electron chi connectivity index (χ1n) is 9.57. The second kappa shape index (κ2) is 7.48. The summed E-state index contributed by atoms with van der Waals surface area (Å²) in [5.74, 6) is 2.60. The SMILES string of the molecule is COc1ccccc1CN(Cc1cccnc1)C(=O)C1[C@H]2CCCC[C@@H]12. The van der Waals surface area contributed by atoms with Crippen molar-refractivity contribution < 1.29 is 9.53 Å². The molecule has 1 aromatic heterocycles. The molecule has 0 aliphatic heterocycles. The van der Waals surface area contributed by atoms with E-state index in [4.69, 9.17) is 4.74 Å². The van der Waals surface area contributed by atoms with Crippen molar-refractivity contribution in [3.63, 3.8) is 0 Å². The van der Waals surface area contributed by atoms with Crippen molar-refractivity contribution in [3.05, 3.63) is 59.9 Å². The molecule has 2 saturated carbocycles. The molecule has 2 fully saturated rings. The average Bonchev–Trinajstić information content (AvgIpc) is 3.42. The van der Waals surface area contributed by atoms with Gasteiger partial charge in [-0.25, -0.2) is 0 Å². The zero-order valence-corrected chi connectivity index (χ0v) is 15.3. The molecule has 136 valence electrons. The van der Waals surface area contributed by atoms with Gasteiger partial charge in [0.05, 0.1) is 7.11 Å². The minimum atomic E-state index is 0.226. The van der Waals surface area contributed by atoms with Crippen LogP contribution in [0.2, 0.25) is 0 Å². The lowest BCUT2D eigenvalue weighted by Crippen LogP contribution is -2.32. The van der Waals surface area contributed by atoms with E-state index in [1.54, 1.807) is 13.3 Å². The smallest absolute Gasteiger partial charge is 0.226 e. The molecule has 1 amide bonds. The highest BCUT2D eigenvalue weighted by Crippen LogP contribution is 2.56. The fourth-order valence-corrected chi connectivity index (χ4v) is 4.53. The molecule has 1 unspecified atom stereocenters. The van der Waals surface area contributed by atoms with E-state index in [0.717, 1.165) is 16.9 Å². The molecule has 26 heavy (non-hydrogen) atoms. The van der Waals surface area contributed by atoms with Gasteiger partial charge in [0.2, 0.25) is 5.91 Å². The third kappa shape index (κ3) is 3.46. The Morgan fingerprint density at radius 2 is 1.88 bits per heavy atom. The van der Waals surface area contributed by atoms with Crippen LogP contribution in [0.4, 0.5) is 0 Å². The van der Waals surface area contributed by atoms with E-state index in [1.165, 1.54) is 25.7 Å². The lowest BCUT2D eigenvalue weighted by Gasteiger charge is -2.24. The Kier molecular flexibility index (Phi) is 4.91. The zero-order valence-electron chi connectivity index (χ0n) is 15.3. The number of rotatable bonds is 6. The van der Waals surface area contributed by atoms with Crippen LogP contribution in [0.25, 0.3) is 0 Å². The highest BCUT2D eigenvalue weighted by atomic mass is 16.5. The van der Waals surface area contributed by atoms with Crippen molar-refractivity contribution in [1.29, 1.82) is 0 Å². The van der Waals surface area contributed by atoms with Gasteiger partial charge in [-0.1, -0.05) is 37.1 Å². The summed E-state index contributed by atoms with van der Waals surface area (Å²) in [7, 11) is 1.68. The number of nitrogens with zero attached hydrogens (tertiary/aromatic N) is 2. The molecule has 3 atom stereocenters. The molecular formula is C22H26N2O2.